The Morgan fingerprint density at radius 3 is 2.56 bits per heavy atom. The Morgan fingerprint density at radius 2 is 2.06 bits per heavy atom. The SMILES string of the molecule is C=CC(=O)OC(S)C(=O)OCC(CC)CCCC. The maximum Gasteiger partial charge on any atom is 0.358 e. The van der Waals surface area contributed by atoms with E-state index in [4.69, 9.17) is 4.74 Å². The molecular weight excluding hydrogens is 252 g/mol. The summed E-state index contributed by atoms with van der Waals surface area (Å²) in [5.41, 5.74) is -1.18. The third-order valence-electron chi connectivity index (χ3n) is 2.60. The zero-order valence-electron chi connectivity index (χ0n) is 11.1. The van der Waals surface area contributed by atoms with Gasteiger partial charge in [0.05, 0.1) is 6.61 Å². The average Bonchev–Trinajstić information content (AvgIpc) is 2.38. The normalized spacial score (nSPS) is 13.5. The lowest BCUT2D eigenvalue weighted by atomic mass is 10.0. The Labute approximate surface area is 114 Å². The molecule has 0 saturated carbocycles. The molecule has 0 aromatic heterocycles. The molecule has 5 heteroatoms. The Morgan fingerprint density at radius 1 is 1.39 bits per heavy atom. The van der Waals surface area contributed by atoms with Gasteiger partial charge in [0.15, 0.2) is 0 Å². The maximum absolute atomic E-state index is 11.5. The highest BCUT2D eigenvalue weighted by Crippen LogP contribution is 2.14. The topological polar surface area (TPSA) is 52.6 Å². The molecule has 0 saturated heterocycles. The quantitative estimate of drug-likeness (QED) is 0.304. The van der Waals surface area contributed by atoms with Crippen LogP contribution in [0.25, 0.3) is 0 Å². The van der Waals surface area contributed by atoms with Crippen molar-refractivity contribution in [3.63, 3.8) is 0 Å². The van der Waals surface area contributed by atoms with Gasteiger partial charge in [0.2, 0.25) is 5.44 Å². The number of esters is 2. The largest absolute Gasteiger partial charge is 0.462 e. The Hall–Kier alpha value is -0.970. The first-order valence-corrected chi connectivity index (χ1v) is 6.74. The van der Waals surface area contributed by atoms with E-state index in [0.29, 0.717) is 12.5 Å². The molecule has 0 rings (SSSR count). The fourth-order valence-electron chi connectivity index (χ4n) is 1.38. The monoisotopic (exact) mass is 274 g/mol. The van der Waals surface area contributed by atoms with E-state index in [9.17, 15) is 9.59 Å². The summed E-state index contributed by atoms with van der Waals surface area (Å²) in [6, 6.07) is 0. The lowest BCUT2D eigenvalue weighted by Gasteiger charge is -2.16. The standard InChI is InChI=1S/C13H22O4S/c1-4-7-8-10(5-2)9-16-12(15)13(18)17-11(14)6-3/h6,10,13,18H,3-5,7-9H2,1-2H3. The number of hydrogen-bond acceptors (Lipinski definition) is 5. The predicted octanol–water partition coefficient (Wildman–Crippen LogP) is 2.73. The second-order valence-electron chi connectivity index (χ2n) is 4.04. The molecule has 0 radical (unpaired) electrons. The molecule has 0 bridgehead atoms. The van der Waals surface area contributed by atoms with Gasteiger partial charge in [0, 0.05) is 6.08 Å². The minimum atomic E-state index is -1.18. The van der Waals surface area contributed by atoms with Gasteiger partial charge < -0.3 is 9.47 Å². The van der Waals surface area contributed by atoms with Crippen LogP contribution in [0.2, 0.25) is 0 Å². The minimum Gasteiger partial charge on any atom is -0.462 e. The molecule has 0 aromatic carbocycles. The Kier molecular flexibility index (Phi) is 9.46. The van der Waals surface area contributed by atoms with Gasteiger partial charge in [-0.3, -0.25) is 0 Å². The van der Waals surface area contributed by atoms with Gasteiger partial charge in [-0.15, -0.1) is 12.6 Å². The van der Waals surface area contributed by atoms with Crippen LogP contribution < -0.4 is 0 Å². The van der Waals surface area contributed by atoms with Crippen LogP contribution in [0.4, 0.5) is 0 Å². The molecule has 0 aliphatic carbocycles. The van der Waals surface area contributed by atoms with Crippen molar-refractivity contribution in [3.05, 3.63) is 12.7 Å². The molecule has 0 amide bonds. The van der Waals surface area contributed by atoms with Crippen molar-refractivity contribution in [1.29, 1.82) is 0 Å². The molecule has 0 fully saturated rings. The van der Waals surface area contributed by atoms with Crippen LogP contribution in [-0.2, 0) is 19.1 Å². The Bertz CT molecular complexity index is 278. The molecule has 2 unspecified atom stereocenters. The average molecular weight is 274 g/mol. The van der Waals surface area contributed by atoms with E-state index >= 15 is 0 Å². The van der Waals surface area contributed by atoms with Gasteiger partial charge in [-0.25, -0.2) is 9.59 Å². The summed E-state index contributed by atoms with van der Waals surface area (Å²) < 4.78 is 9.71. The molecule has 2 atom stereocenters. The summed E-state index contributed by atoms with van der Waals surface area (Å²) in [5, 5.41) is 0. The first-order chi connectivity index (χ1) is 8.54. The number of rotatable bonds is 9. The van der Waals surface area contributed by atoms with Gasteiger partial charge in [-0.05, 0) is 12.3 Å². The molecule has 0 N–H and O–H groups in total. The van der Waals surface area contributed by atoms with Crippen LogP contribution in [-0.4, -0.2) is 24.0 Å². The molecule has 104 valence electrons. The number of ether oxygens (including phenoxy) is 2. The second-order valence-corrected chi connectivity index (χ2v) is 4.51. The van der Waals surface area contributed by atoms with E-state index < -0.39 is 17.4 Å². The van der Waals surface area contributed by atoms with Gasteiger partial charge in [0.25, 0.3) is 0 Å². The molecule has 0 aliphatic rings. The van der Waals surface area contributed by atoms with Gasteiger partial charge >= 0.3 is 11.9 Å². The maximum atomic E-state index is 11.5. The molecule has 4 nitrogen and oxygen atoms in total. The zero-order chi connectivity index (χ0) is 14.0. The summed E-state index contributed by atoms with van der Waals surface area (Å²) in [6.45, 7) is 7.76. The van der Waals surface area contributed by atoms with E-state index in [1.807, 2.05) is 0 Å². The molecule has 0 aromatic rings. The van der Waals surface area contributed by atoms with Crippen LogP contribution in [0.3, 0.4) is 0 Å². The molecule has 18 heavy (non-hydrogen) atoms. The fourth-order valence-corrected chi connectivity index (χ4v) is 1.55. The number of carbonyl (C=O) groups is 2. The van der Waals surface area contributed by atoms with E-state index in [-0.39, 0.29) is 0 Å². The van der Waals surface area contributed by atoms with Crippen molar-refractivity contribution >= 4 is 24.6 Å². The van der Waals surface area contributed by atoms with Crippen molar-refractivity contribution in [3.8, 4) is 0 Å². The fraction of sp³-hybridized carbons (Fsp3) is 0.692. The summed E-state index contributed by atoms with van der Waals surface area (Å²) in [4.78, 5) is 22.3. The summed E-state index contributed by atoms with van der Waals surface area (Å²) in [5.74, 6) is -0.974. The molecule has 0 heterocycles. The molecule has 0 spiro atoms. The van der Waals surface area contributed by atoms with Crippen LogP contribution in [0.1, 0.15) is 39.5 Å². The summed E-state index contributed by atoms with van der Waals surface area (Å²) in [6.07, 6.45) is 5.20. The number of carbonyl (C=O) groups excluding carboxylic acids is 2. The predicted molar refractivity (Wildman–Crippen MR) is 73.3 cm³/mol. The lowest BCUT2D eigenvalue weighted by molar-refractivity contribution is -0.159. The van der Waals surface area contributed by atoms with Crippen molar-refractivity contribution < 1.29 is 19.1 Å². The number of thiol groups is 1. The van der Waals surface area contributed by atoms with Gasteiger partial charge in [-0.2, -0.15) is 0 Å². The molecule has 0 aliphatic heterocycles. The van der Waals surface area contributed by atoms with Crippen LogP contribution in [0.5, 0.6) is 0 Å². The number of hydrogen-bond donors (Lipinski definition) is 1. The van der Waals surface area contributed by atoms with Crippen molar-refractivity contribution in [2.75, 3.05) is 6.61 Å². The lowest BCUT2D eigenvalue weighted by Crippen LogP contribution is -2.25. The first-order valence-electron chi connectivity index (χ1n) is 6.22. The first kappa shape index (κ1) is 17.0. The molecular formula is C13H22O4S. The summed E-state index contributed by atoms with van der Waals surface area (Å²) >= 11 is 3.86. The van der Waals surface area contributed by atoms with E-state index in [0.717, 1.165) is 31.8 Å². The smallest absolute Gasteiger partial charge is 0.358 e. The third-order valence-corrected chi connectivity index (χ3v) is 2.92. The van der Waals surface area contributed by atoms with Gasteiger partial charge in [-0.1, -0.05) is 39.7 Å². The number of unbranched alkanes of at least 4 members (excludes halogenated alkanes) is 1. The van der Waals surface area contributed by atoms with E-state index in [1.165, 1.54) is 0 Å². The zero-order valence-corrected chi connectivity index (χ0v) is 11.9. The minimum absolute atomic E-state index is 0.345. The van der Waals surface area contributed by atoms with Crippen molar-refractivity contribution in [1.82, 2.24) is 0 Å². The highest BCUT2D eigenvalue weighted by molar-refractivity contribution is 7.81. The van der Waals surface area contributed by atoms with Crippen molar-refractivity contribution in [2.45, 2.75) is 45.0 Å². The second kappa shape index (κ2) is 10.00. The third kappa shape index (κ3) is 7.37. The highest BCUT2D eigenvalue weighted by Gasteiger charge is 2.20. The van der Waals surface area contributed by atoms with E-state index in [2.05, 4.69) is 37.8 Å². The summed E-state index contributed by atoms with van der Waals surface area (Å²) in [7, 11) is 0. The highest BCUT2D eigenvalue weighted by atomic mass is 32.1. The Balaban J connectivity index is 3.98. The van der Waals surface area contributed by atoms with Crippen LogP contribution in [0, 0.1) is 5.92 Å². The van der Waals surface area contributed by atoms with Crippen molar-refractivity contribution in [2.24, 2.45) is 5.92 Å². The van der Waals surface area contributed by atoms with E-state index in [1.54, 1.807) is 0 Å². The van der Waals surface area contributed by atoms with Gasteiger partial charge in [0.1, 0.15) is 0 Å². The van der Waals surface area contributed by atoms with Crippen LogP contribution >= 0.6 is 12.6 Å². The van der Waals surface area contributed by atoms with Crippen LogP contribution in [0.15, 0.2) is 12.7 Å².